The van der Waals surface area contributed by atoms with Crippen LogP contribution in [-0.4, -0.2) is 25.2 Å². The van der Waals surface area contributed by atoms with E-state index in [9.17, 15) is 9.18 Å². The van der Waals surface area contributed by atoms with Crippen LogP contribution in [-0.2, 0) is 4.74 Å². The van der Waals surface area contributed by atoms with Crippen molar-refractivity contribution in [3.63, 3.8) is 0 Å². The summed E-state index contributed by atoms with van der Waals surface area (Å²) in [5, 5.41) is 0. The number of primary amides is 1. The van der Waals surface area contributed by atoms with E-state index in [-0.39, 0.29) is 29.7 Å². The number of halogens is 1. The van der Waals surface area contributed by atoms with Crippen LogP contribution in [0.5, 0.6) is 5.75 Å². The van der Waals surface area contributed by atoms with Gasteiger partial charge in [-0.2, -0.15) is 0 Å². The number of nitrogens with two attached hydrogens (primary N) is 2. The Morgan fingerprint density at radius 2 is 2.26 bits per heavy atom. The molecule has 0 saturated carbocycles. The standard InChI is InChI=1S/C13H17FN2O3/c14-10-6-11(15)9(13(16)17)5-12(10)19-7-8-3-1-2-4-18-8/h5-6,8H,1-4,7,15H2,(H2,16,17). The lowest BCUT2D eigenvalue weighted by molar-refractivity contribution is -0.0117. The third kappa shape index (κ3) is 3.35. The SMILES string of the molecule is NC(=O)c1cc(OCC2CCCCO2)c(F)cc1N. The zero-order valence-corrected chi connectivity index (χ0v) is 10.5. The average Bonchev–Trinajstić information content (AvgIpc) is 2.38. The molecule has 0 aromatic heterocycles. The molecule has 0 bridgehead atoms. The van der Waals surface area contributed by atoms with E-state index in [0.29, 0.717) is 6.61 Å². The molecule has 5 nitrogen and oxygen atoms in total. The Morgan fingerprint density at radius 1 is 1.47 bits per heavy atom. The van der Waals surface area contributed by atoms with Crippen LogP contribution in [0.25, 0.3) is 0 Å². The van der Waals surface area contributed by atoms with Gasteiger partial charge in [-0.15, -0.1) is 0 Å². The Hall–Kier alpha value is -1.82. The first-order valence-electron chi connectivity index (χ1n) is 6.21. The largest absolute Gasteiger partial charge is 0.488 e. The maximum absolute atomic E-state index is 13.7. The van der Waals surface area contributed by atoms with Gasteiger partial charge in [-0.05, 0) is 25.3 Å². The van der Waals surface area contributed by atoms with E-state index in [4.69, 9.17) is 20.9 Å². The van der Waals surface area contributed by atoms with Crippen LogP contribution in [0.1, 0.15) is 29.6 Å². The average molecular weight is 268 g/mol. The monoisotopic (exact) mass is 268 g/mol. The molecule has 4 N–H and O–H groups in total. The molecule has 1 atom stereocenters. The van der Waals surface area contributed by atoms with Gasteiger partial charge in [-0.1, -0.05) is 0 Å². The van der Waals surface area contributed by atoms with Crippen LogP contribution in [0.15, 0.2) is 12.1 Å². The normalized spacial score (nSPS) is 19.1. The summed E-state index contributed by atoms with van der Waals surface area (Å²) in [6.45, 7) is 0.948. The van der Waals surface area contributed by atoms with Crippen molar-refractivity contribution in [2.24, 2.45) is 5.73 Å². The molecule has 0 radical (unpaired) electrons. The number of hydrogen-bond donors (Lipinski definition) is 2. The van der Waals surface area contributed by atoms with E-state index in [1.165, 1.54) is 6.07 Å². The fraction of sp³-hybridized carbons (Fsp3) is 0.462. The molecule has 0 aliphatic carbocycles. The number of rotatable bonds is 4. The zero-order chi connectivity index (χ0) is 13.8. The lowest BCUT2D eigenvalue weighted by atomic mass is 10.1. The highest BCUT2D eigenvalue weighted by Crippen LogP contribution is 2.25. The van der Waals surface area contributed by atoms with Gasteiger partial charge < -0.3 is 20.9 Å². The minimum Gasteiger partial charge on any atom is -0.488 e. The lowest BCUT2D eigenvalue weighted by Crippen LogP contribution is -2.26. The van der Waals surface area contributed by atoms with Crippen molar-refractivity contribution in [3.05, 3.63) is 23.5 Å². The maximum Gasteiger partial charge on any atom is 0.250 e. The second kappa shape index (κ2) is 5.88. The predicted molar refractivity (Wildman–Crippen MR) is 68.4 cm³/mol. The molecule has 2 rings (SSSR count). The summed E-state index contributed by atoms with van der Waals surface area (Å²) in [6, 6.07) is 2.27. The Bertz CT molecular complexity index is 473. The number of ether oxygens (including phenoxy) is 2. The van der Waals surface area contributed by atoms with Gasteiger partial charge in [-0.25, -0.2) is 4.39 Å². The first-order chi connectivity index (χ1) is 9.08. The van der Waals surface area contributed by atoms with Crippen molar-refractivity contribution < 1.29 is 18.7 Å². The summed E-state index contributed by atoms with van der Waals surface area (Å²) >= 11 is 0. The first kappa shape index (κ1) is 13.6. The van der Waals surface area contributed by atoms with E-state index < -0.39 is 11.7 Å². The van der Waals surface area contributed by atoms with E-state index in [1.54, 1.807) is 0 Å². The Morgan fingerprint density at radius 3 is 2.89 bits per heavy atom. The van der Waals surface area contributed by atoms with Gasteiger partial charge in [0.05, 0.1) is 11.7 Å². The Labute approximate surface area is 110 Å². The van der Waals surface area contributed by atoms with E-state index in [2.05, 4.69) is 0 Å². The first-order valence-corrected chi connectivity index (χ1v) is 6.21. The van der Waals surface area contributed by atoms with Gasteiger partial charge in [0.25, 0.3) is 5.91 Å². The molecule has 1 aliphatic heterocycles. The van der Waals surface area contributed by atoms with E-state index >= 15 is 0 Å². The quantitative estimate of drug-likeness (QED) is 0.809. The topological polar surface area (TPSA) is 87.6 Å². The number of benzene rings is 1. The summed E-state index contributed by atoms with van der Waals surface area (Å²) < 4.78 is 24.5. The Kier molecular flexibility index (Phi) is 4.21. The third-order valence-corrected chi connectivity index (χ3v) is 3.07. The molecule has 1 amide bonds. The van der Waals surface area contributed by atoms with Crippen LogP contribution >= 0.6 is 0 Å². The molecular weight excluding hydrogens is 251 g/mol. The molecule has 1 fully saturated rings. The molecule has 1 aliphatic rings. The number of nitrogen functional groups attached to an aromatic ring is 1. The van der Waals surface area contributed by atoms with E-state index in [1.807, 2.05) is 0 Å². The van der Waals surface area contributed by atoms with Crippen LogP contribution in [0.3, 0.4) is 0 Å². The fourth-order valence-corrected chi connectivity index (χ4v) is 2.01. The minimum absolute atomic E-state index is 0.00580. The predicted octanol–water partition coefficient (Wildman–Crippen LogP) is 1.45. The van der Waals surface area contributed by atoms with Crippen LogP contribution in [0.2, 0.25) is 0 Å². The van der Waals surface area contributed by atoms with E-state index in [0.717, 1.165) is 25.3 Å². The highest BCUT2D eigenvalue weighted by Gasteiger charge is 2.17. The smallest absolute Gasteiger partial charge is 0.250 e. The third-order valence-electron chi connectivity index (χ3n) is 3.07. The van der Waals surface area contributed by atoms with Gasteiger partial charge in [-0.3, -0.25) is 4.79 Å². The van der Waals surface area contributed by atoms with Crippen molar-refractivity contribution in [3.8, 4) is 5.75 Å². The minimum atomic E-state index is -0.712. The molecule has 6 heteroatoms. The lowest BCUT2D eigenvalue weighted by Gasteiger charge is -2.22. The van der Waals surface area contributed by atoms with Crippen LogP contribution < -0.4 is 16.2 Å². The molecule has 1 heterocycles. The van der Waals surface area contributed by atoms with Crippen molar-refractivity contribution in [2.75, 3.05) is 18.9 Å². The number of hydrogen-bond acceptors (Lipinski definition) is 4. The van der Waals surface area contributed by atoms with Gasteiger partial charge >= 0.3 is 0 Å². The second-order valence-electron chi connectivity index (χ2n) is 4.53. The number of amides is 1. The summed E-state index contributed by atoms with van der Waals surface area (Å²) in [4.78, 5) is 11.1. The van der Waals surface area contributed by atoms with Crippen molar-refractivity contribution in [2.45, 2.75) is 25.4 Å². The molecule has 1 aromatic carbocycles. The highest BCUT2D eigenvalue weighted by atomic mass is 19.1. The number of carbonyl (C=O) groups is 1. The Balaban J connectivity index is 2.06. The van der Waals surface area contributed by atoms with Gasteiger partial charge in [0.2, 0.25) is 0 Å². The molecule has 1 aromatic rings. The van der Waals surface area contributed by atoms with Crippen molar-refractivity contribution in [1.82, 2.24) is 0 Å². The highest BCUT2D eigenvalue weighted by molar-refractivity contribution is 5.98. The second-order valence-corrected chi connectivity index (χ2v) is 4.53. The van der Waals surface area contributed by atoms with Gasteiger partial charge in [0, 0.05) is 18.4 Å². The molecular formula is C13H17FN2O3. The molecule has 0 spiro atoms. The van der Waals surface area contributed by atoms with Gasteiger partial charge in [0.1, 0.15) is 6.61 Å². The van der Waals surface area contributed by atoms with Crippen LogP contribution in [0.4, 0.5) is 10.1 Å². The van der Waals surface area contributed by atoms with Crippen LogP contribution in [0, 0.1) is 5.82 Å². The summed E-state index contributed by atoms with van der Waals surface area (Å²) in [5.41, 5.74) is 10.7. The number of anilines is 1. The molecule has 1 saturated heterocycles. The summed E-state index contributed by atoms with van der Waals surface area (Å²) in [7, 11) is 0. The fourth-order valence-electron chi connectivity index (χ4n) is 2.01. The summed E-state index contributed by atoms with van der Waals surface area (Å²) in [6.07, 6.45) is 2.96. The molecule has 1 unspecified atom stereocenters. The zero-order valence-electron chi connectivity index (χ0n) is 10.5. The molecule has 104 valence electrons. The summed E-state index contributed by atoms with van der Waals surface area (Å²) in [5.74, 6) is -1.35. The van der Waals surface area contributed by atoms with Gasteiger partial charge in [0.15, 0.2) is 11.6 Å². The molecule has 19 heavy (non-hydrogen) atoms. The maximum atomic E-state index is 13.7. The van der Waals surface area contributed by atoms with Crippen molar-refractivity contribution >= 4 is 11.6 Å². The van der Waals surface area contributed by atoms with Crippen molar-refractivity contribution in [1.29, 1.82) is 0 Å². The number of carbonyl (C=O) groups excluding carboxylic acids is 1.